The van der Waals surface area contributed by atoms with Crippen molar-refractivity contribution in [3.63, 3.8) is 0 Å². The molecule has 2 aliphatic rings. The van der Waals surface area contributed by atoms with Gasteiger partial charge in [0, 0.05) is 25.1 Å². The van der Waals surface area contributed by atoms with Gasteiger partial charge in [0.1, 0.15) is 0 Å². The Morgan fingerprint density at radius 1 is 1.20 bits per heavy atom. The molecule has 1 saturated heterocycles. The minimum atomic E-state index is -0.269. The van der Waals surface area contributed by atoms with Gasteiger partial charge in [-0.3, -0.25) is 4.79 Å². The number of pyridine rings is 1. The Kier molecular flexibility index (Phi) is 2.93. The van der Waals surface area contributed by atoms with Crippen molar-refractivity contribution in [2.24, 2.45) is 7.05 Å². The fraction of sp³-hybridized carbons (Fsp3) is 0.667. The fourth-order valence-electron chi connectivity index (χ4n) is 2.80. The monoisotopic (exact) mass is 275 g/mol. The van der Waals surface area contributed by atoms with Crippen molar-refractivity contribution < 1.29 is 9.31 Å². The van der Waals surface area contributed by atoms with E-state index in [-0.39, 0.29) is 23.9 Å². The molecule has 4 nitrogen and oxygen atoms in total. The molecule has 0 spiro atoms. The summed E-state index contributed by atoms with van der Waals surface area (Å²) in [4.78, 5) is 11.4. The van der Waals surface area contributed by atoms with E-state index in [0.29, 0.717) is 11.7 Å². The van der Waals surface area contributed by atoms with Crippen LogP contribution in [0.25, 0.3) is 0 Å². The number of hydrogen-bond donors (Lipinski definition) is 0. The van der Waals surface area contributed by atoms with Gasteiger partial charge in [-0.25, -0.2) is 0 Å². The van der Waals surface area contributed by atoms with Gasteiger partial charge in [-0.1, -0.05) is 6.07 Å². The first-order valence-corrected chi connectivity index (χ1v) is 7.23. The Bertz CT molecular complexity index is 577. The van der Waals surface area contributed by atoms with Crippen LogP contribution >= 0.6 is 0 Å². The average Bonchev–Trinajstić information content (AvgIpc) is 3.07. The first kappa shape index (κ1) is 13.9. The molecule has 2 atom stereocenters. The van der Waals surface area contributed by atoms with Crippen molar-refractivity contribution in [3.05, 3.63) is 34.2 Å². The molecule has 1 saturated carbocycles. The summed E-state index contributed by atoms with van der Waals surface area (Å²) >= 11 is 0. The van der Waals surface area contributed by atoms with Gasteiger partial charge in [0.05, 0.1) is 11.2 Å². The summed E-state index contributed by atoms with van der Waals surface area (Å²) < 4.78 is 13.8. The van der Waals surface area contributed by atoms with Crippen LogP contribution in [0.1, 0.15) is 45.6 Å². The van der Waals surface area contributed by atoms with E-state index in [9.17, 15) is 4.79 Å². The summed E-state index contributed by atoms with van der Waals surface area (Å²) in [5.74, 6) is 0.838. The zero-order chi connectivity index (χ0) is 14.7. The maximum atomic E-state index is 11.4. The zero-order valence-electron chi connectivity index (χ0n) is 12.8. The van der Waals surface area contributed by atoms with Gasteiger partial charge in [0.2, 0.25) is 5.56 Å². The van der Waals surface area contributed by atoms with E-state index in [2.05, 4.69) is 27.7 Å². The largest absolute Gasteiger partial charge is 0.461 e. The summed E-state index contributed by atoms with van der Waals surface area (Å²) in [7, 11) is 1.65. The van der Waals surface area contributed by atoms with Crippen molar-refractivity contribution >= 4 is 7.12 Å². The highest BCUT2D eigenvalue weighted by atomic mass is 16.7. The summed E-state index contributed by atoms with van der Waals surface area (Å²) in [6.45, 7) is 8.32. The molecule has 0 radical (unpaired) electrons. The van der Waals surface area contributed by atoms with E-state index in [1.807, 2.05) is 12.3 Å². The topological polar surface area (TPSA) is 40.5 Å². The molecule has 108 valence electrons. The van der Waals surface area contributed by atoms with Gasteiger partial charge in [-0.05, 0) is 45.6 Å². The number of hydrogen-bond acceptors (Lipinski definition) is 3. The molecule has 1 aliphatic heterocycles. The smallest absolute Gasteiger partial charge is 0.403 e. The van der Waals surface area contributed by atoms with Gasteiger partial charge in [-0.2, -0.15) is 0 Å². The van der Waals surface area contributed by atoms with Crippen LogP contribution in [0.2, 0.25) is 5.82 Å². The number of aryl methyl sites for hydroxylation is 1. The minimum absolute atomic E-state index is 0.0292. The molecule has 1 aliphatic carbocycles. The van der Waals surface area contributed by atoms with E-state index >= 15 is 0 Å². The normalized spacial score (nSPS) is 30.6. The fourth-order valence-corrected chi connectivity index (χ4v) is 2.80. The van der Waals surface area contributed by atoms with Crippen molar-refractivity contribution in [1.29, 1.82) is 0 Å². The maximum Gasteiger partial charge on any atom is 0.461 e. The van der Waals surface area contributed by atoms with E-state index in [1.54, 1.807) is 17.7 Å². The van der Waals surface area contributed by atoms with Crippen LogP contribution in [0.15, 0.2) is 23.1 Å². The third kappa shape index (κ3) is 2.13. The maximum absolute atomic E-state index is 11.4. The number of rotatable bonds is 2. The van der Waals surface area contributed by atoms with E-state index < -0.39 is 0 Å². The van der Waals surface area contributed by atoms with Crippen molar-refractivity contribution in [3.8, 4) is 0 Å². The van der Waals surface area contributed by atoms with Crippen molar-refractivity contribution in [1.82, 2.24) is 4.57 Å². The summed E-state index contributed by atoms with van der Waals surface area (Å²) in [6.07, 6.45) is 2.99. The van der Waals surface area contributed by atoms with Crippen LogP contribution in [-0.2, 0) is 16.4 Å². The van der Waals surface area contributed by atoms with Crippen LogP contribution in [-0.4, -0.2) is 22.9 Å². The first-order chi connectivity index (χ1) is 9.21. The molecule has 0 aromatic carbocycles. The lowest BCUT2D eigenvalue weighted by Crippen LogP contribution is -2.41. The first-order valence-electron chi connectivity index (χ1n) is 7.23. The highest BCUT2D eigenvalue weighted by molar-refractivity contribution is 6.49. The van der Waals surface area contributed by atoms with Crippen molar-refractivity contribution in [2.45, 2.75) is 57.1 Å². The summed E-state index contributed by atoms with van der Waals surface area (Å²) in [5, 5.41) is 0. The Balaban J connectivity index is 1.74. The Morgan fingerprint density at radius 3 is 2.35 bits per heavy atom. The molecule has 0 bridgehead atoms. The molecule has 0 amide bonds. The van der Waals surface area contributed by atoms with E-state index in [4.69, 9.17) is 9.31 Å². The molecule has 2 unspecified atom stereocenters. The molecule has 2 fully saturated rings. The molecule has 0 N–H and O–H groups in total. The lowest BCUT2D eigenvalue weighted by molar-refractivity contribution is 0.00578. The van der Waals surface area contributed by atoms with Crippen LogP contribution in [0, 0.1) is 0 Å². The Labute approximate surface area is 120 Å². The van der Waals surface area contributed by atoms with Gasteiger partial charge < -0.3 is 13.9 Å². The highest BCUT2D eigenvalue weighted by Crippen LogP contribution is 2.58. The Hall–Kier alpha value is -1.07. The molecular weight excluding hydrogens is 253 g/mol. The Morgan fingerprint density at radius 2 is 1.80 bits per heavy atom. The standard InChI is InChI=1S/C15H22BNO3/c1-14(2)15(3,4)20-16(19-14)12-8-11(12)10-6-7-13(18)17(5)9-10/h6-7,9,11-12H,8H2,1-5H3. The van der Waals surface area contributed by atoms with Crippen molar-refractivity contribution in [2.75, 3.05) is 0 Å². The zero-order valence-corrected chi connectivity index (χ0v) is 12.8. The molecule has 5 heteroatoms. The van der Waals surface area contributed by atoms with E-state index in [1.165, 1.54) is 5.56 Å². The van der Waals surface area contributed by atoms with Gasteiger partial charge >= 0.3 is 7.12 Å². The molecule has 20 heavy (non-hydrogen) atoms. The number of nitrogens with zero attached hydrogens (tertiary/aromatic N) is 1. The van der Waals surface area contributed by atoms with Crippen LogP contribution < -0.4 is 5.56 Å². The van der Waals surface area contributed by atoms with Gasteiger partial charge in [-0.15, -0.1) is 0 Å². The highest BCUT2D eigenvalue weighted by Gasteiger charge is 2.59. The average molecular weight is 275 g/mol. The second-order valence-electron chi connectivity index (χ2n) is 7.04. The third-order valence-corrected chi connectivity index (χ3v) is 5.00. The molecular formula is C15H22BNO3. The van der Waals surface area contributed by atoms with Crippen LogP contribution in [0.4, 0.5) is 0 Å². The summed E-state index contributed by atoms with van der Waals surface area (Å²) in [5.41, 5.74) is 0.691. The molecule has 3 rings (SSSR count). The predicted molar refractivity (Wildman–Crippen MR) is 78.9 cm³/mol. The second-order valence-corrected chi connectivity index (χ2v) is 7.04. The lowest BCUT2D eigenvalue weighted by Gasteiger charge is -2.32. The quantitative estimate of drug-likeness (QED) is 0.778. The third-order valence-electron chi connectivity index (χ3n) is 5.00. The SMILES string of the molecule is Cn1cc(C2CC2B2OC(C)(C)C(C)(C)O2)ccc1=O. The van der Waals surface area contributed by atoms with Crippen LogP contribution in [0.5, 0.6) is 0 Å². The van der Waals surface area contributed by atoms with Gasteiger partial charge in [0.25, 0.3) is 0 Å². The molecule has 2 heterocycles. The second kappa shape index (κ2) is 4.21. The lowest BCUT2D eigenvalue weighted by atomic mass is 9.80. The van der Waals surface area contributed by atoms with Crippen LogP contribution in [0.3, 0.4) is 0 Å². The van der Waals surface area contributed by atoms with E-state index in [0.717, 1.165) is 6.42 Å². The molecule has 1 aromatic heterocycles. The number of aromatic nitrogens is 1. The summed E-state index contributed by atoms with van der Waals surface area (Å²) in [6, 6.07) is 3.56. The van der Waals surface area contributed by atoms with Gasteiger partial charge in [0.15, 0.2) is 0 Å². The predicted octanol–water partition coefficient (Wildman–Crippen LogP) is 2.33. The molecule has 1 aromatic rings. The minimum Gasteiger partial charge on any atom is -0.403 e.